The molecular formula is C17H18N2O2. The number of aromatic nitrogens is 1. The van der Waals surface area contributed by atoms with Gasteiger partial charge in [-0.25, -0.2) is 0 Å². The van der Waals surface area contributed by atoms with Gasteiger partial charge in [-0.1, -0.05) is 18.2 Å². The highest BCUT2D eigenvalue weighted by Crippen LogP contribution is 2.35. The number of aromatic hydroxyl groups is 1. The first-order valence-electron chi connectivity index (χ1n) is 7.18. The lowest BCUT2D eigenvalue weighted by Gasteiger charge is -2.30. The lowest BCUT2D eigenvalue weighted by Crippen LogP contribution is -2.36. The van der Waals surface area contributed by atoms with Gasteiger partial charge in [0, 0.05) is 12.7 Å². The number of benzene rings is 1. The van der Waals surface area contributed by atoms with Gasteiger partial charge in [0.05, 0.1) is 17.8 Å². The molecule has 3 rings (SSSR count). The maximum Gasteiger partial charge on any atom is 0.233 e. The van der Waals surface area contributed by atoms with Crippen molar-refractivity contribution in [3.63, 3.8) is 0 Å². The van der Waals surface area contributed by atoms with Crippen LogP contribution in [0.25, 0.3) is 0 Å². The Bertz CT molecular complexity index is 682. The third kappa shape index (κ3) is 2.61. The Balaban J connectivity index is 1.89. The average molecular weight is 282 g/mol. The van der Waals surface area contributed by atoms with Crippen molar-refractivity contribution >= 4 is 11.6 Å². The van der Waals surface area contributed by atoms with Gasteiger partial charge in [0.15, 0.2) is 0 Å². The monoisotopic (exact) mass is 282 g/mol. The van der Waals surface area contributed by atoms with Gasteiger partial charge in [0.25, 0.3) is 0 Å². The molecule has 1 aromatic heterocycles. The molecule has 0 atom stereocenters. The Morgan fingerprint density at radius 3 is 3.00 bits per heavy atom. The third-order valence-corrected chi connectivity index (χ3v) is 3.93. The smallest absolute Gasteiger partial charge is 0.233 e. The molecule has 21 heavy (non-hydrogen) atoms. The minimum Gasteiger partial charge on any atom is -0.506 e. The Hall–Kier alpha value is -2.36. The molecule has 0 spiro atoms. The summed E-state index contributed by atoms with van der Waals surface area (Å²) in [7, 11) is 0. The summed E-state index contributed by atoms with van der Waals surface area (Å²) in [6.45, 7) is 2.60. The molecule has 2 aromatic rings. The number of amides is 1. The fourth-order valence-electron chi connectivity index (χ4n) is 2.82. The Morgan fingerprint density at radius 1 is 1.33 bits per heavy atom. The number of hydrogen-bond donors (Lipinski definition) is 1. The van der Waals surface area contributed by atoms with Gasteiger partial charge in [-0.05, 0) is 43.0 Å². The highest BCUT2D eigenvalue weighted by molar-refractivity contribution is 5.97. The molecule has 1 N–H and O–H groups in total. The van der Waals surface area contributed by atoms with Crippen LogP contribution in [0.5, 0.6) is 5.75 Å². The molecule has 108 valence electrons. The maximum atomic E-state index is 12.6. The summed E-state index contributed by atoms with van der Waals surface area (Å²) in [5.41, 5.74) is 3.51. The van der Waals surface area contributed by atoms with Crippen molar-refractivity contribution < 1.29 is 9.90 Å². The summed E-state index contributed by atoms with van der Waals surface area (Å²) in [4.78, 5) is 18.6. The van der Waals surface area contributed by atoms with Gasteiger partial charge in [-0.15, -0.1) is 0 Å². The summed E-state index contributed by atoms with van der Waals surface area (Å²) in [5, 5.41) is 10.1. The van der Waals surface area contributed by atoms with Gasteiger partial charge < -0.3 is 10.0 Å². The molecule has 0 saturated heterocycles. The van der Waals surface area contributed by atoms with E-state index in [4.69, 9.17) is 0 Å². The molecule has 1 aliphatic heterocycles. The number of carbonyl (C=O) groups is 1. The number of para-hydroxylation sites is 1. The van der Waals surface area contributed by atoms with Crippen molar-refractivity contribution in [2.24, 2.45) is 0 Å². The lowest BCUT2D eigenvalue weighted by atomic mass is 10.00. The third-order valence-electron chi connectivity index (χ3n) is 3.93. The highest BCUT2D eigenvalue weighted by Gasteiger charge is 2.25. The van der Waals surface area contributed by atoms with E-state index in [1.807, 2.05) is 31.2 Å². The molecule has 1 amide bonds. The molecule has 2 heterocycles. The minimum absolute atomic E-state index is 0.0146. The molecule has 1 aliphatic rings. The molecule has 0 unspecified atom stereocenters. The fourth-order valence-corrected chi connectivity index (χ4v) is 2.82. The van der Waals surface area contributed by atoms with Crippen LogP contribution in [-0.2, 0) is 17.6 Å². The molecule has 0 aliphatic carbocycles. The summed E-state index contributed by atoms with van der Waals surface area (Å²) in [5.74, 6) is 0.164. The van der Waals surface area contributed by atoms with E-state index in [-0.39, 0.29) is 18.1 Å². The van der Waals surface area contributed by atoms with Crippen molar-refractivity contribution in [3.05, 3.63) is 53.3 Å². The number of phenols is 1. The summed E-state index contributed by atoms with van der Waals surface area (Å²) >= 11 is 0. The van der Waals surface area contributed by atoms with Gasteiger partial charge in [-0.2, -0.15) is 0 Å². The van der Waals surface area contributed by atoms with E-state index in [0.717, 1.165) is 29.7 Å². The van der Waals surface area contributed by atoms with Gasteiger partial charge >= 0.3 is 0 Å². The van der Waals surface area contributed by atoms with E-state index >= 15 is 0 Å². The van der Waals surface area contributed by atoms with Crippen molar-refractivity contribution in [2.45, 2.75) is 26.2 Å². The predicted molar refractivity (Wildman–Crippen MR) is 81.5 cm³/mol. The van der Waals surface area contributed by atoms with Gasteiger partial charge in [0.2, 0.25) is 5.91 Å². The topological polar surface area (TPSA) is 53.4 Å². The first-order chi connectivity index (χ1) is 10.2. The normalized spacial score (nSPS) is 13.9. The second-order valence-electron chi connectivity index (χ2n) is 5.38. The predicted octanol–water partition coefficient (Wildman–Crippen LogP) is 2.62. The van der Waals surface area contributed by atoms with Crippen LogP contribution < -0.4 is 4.90 Å². The average Bonchev–Trinajstić information content (AvgIpc) is 2.49. The van der Waals surface area contributed by atoms with Crippen molar-refractivity contribution in [1.29, 1.82) is 0 Å². The Morgan fingerprint density at radius 2 is 2.19 bits per heavy atom. The number of nitrogens with zero attached hydrogens (tertiary/aromatic N) is 2. The second-order valence-corrected chi connectivity index (χ2v) is 5.38. The lowest BCUT2D eigenvalue weighted by molar-refractivity contribution is -0.118. The zero-order valence-corrected chi connectivity index (χ0v) is 12.0. The van der Waals surface area contributed by atoms with E-state index in [1.165, 1.54) is 0 Å². The van der Waals surface area contributed by atoms with Crippen LogP contribution in [0.4, 0.5) is 5.69 Å². The van der Waals surface area contributed by atoms with E-state index in [2.05, 4.69) is 4.98 Å². The second kappa shape index (κ2) is 5.56. The fraction of sp³-hybridized carbons (Fsp3) is 0.294. The van der Waals surface area contributed by atoms with Crippen LogP contribution in [0, 0.1) is 6.92 Å². The van der Waals surface area contributed by atoms with E-state index in [1.54, 1.807) is 17.2 Å². The molecule has 4 nitrogen and oxygen atoms in total. The number of carbonyl (C=O) groups excluding carboxylic acids is 1. The SMILES string of the molecule is Cc1cccnc1CC(=O)N1CCCc2cccc(O)c21. The Labute approximate surface area is 124 Å². The van der Waals surface area contributed by atoms with E-state index in [0.29, 0.717) is 12.2 Å². The molecule has 0 fully saturated rings. The van der Waals surface area contributed by atoms with Crippen LogP contribution >= 0.6 is 0 Å². The Kier molecular flexibility index (Phi) is 3.60. The molecule has 0 bridgehead atoms. The van der Waals surface area contributed by atoms with Crippen LogP contribution in [0.2, 0.25) is 0 Å². The standard InChI is InChI=1S/C17H18N2O2/c1-12-5-3-9-18-14(12)11-16(21)19-10-4-7-13-6-2-8-15(20)17(13)19/h2-3,5-6,8-9,20H,4,7,10-11H2,1H3. The maximum absolute atomic E-state index is 12.6. The van der Waals surface area contributed by atoms with Crippen molar-refractivity contribution in [2.75, 3.05) is 11.4 Å². The first-order valence-corrected chi connectivity index (χ1v) is 7.18. The summed E-state index contributed by atoms with van der Waals surface area (Å²) < 4.78 is 0. The zero-order chi connectivity index (χ0) is 14.8. The highest BCUT2D eigenvalue weighted by atomic mass is 16.3. The van der Waals surface area contributed by atoms with E-state index < -0.39 is 0 Å². The van der Waals surface area contributed by atoms with Crippen molar-refractivity contribution in [1.82, 2.24) is 4.98 Å². The number of fused-ring (bicyclic) bond motifs is 1. The van der Waals surface area contributed by atoms with Crippen LogP contribution in [0.15, 0.2) is 36.5 Å². The number of pyridine rings is 1. The number of phenolic OH excluding ortho intramolecular Hbond substituents is 1. The summed E-state index contributed by atoms with van der Waals surface area (Å²) in [6.07, 6.45) is 3.79. The zero-order valence-electron chi connectivity index (χ0n) is 12.0. The van der Waals surface area contributed by atoms with Crippen LogP contribution in [0.1, 0.15) is 23.2 Å². The molecule has 1 aromatic carbocycles. The molecule has 0 saturated carbocycles. The number of aryl methyl sites for hydroxylation is 2. The number of rotatable bonds is 2. The van der Waals surface area contributed by atoms with Gasteiger partial charge in [0.1, 0.15) is 5.75 Å². The number of hydrogen-bond acceptors (Lipinski definition) is 3. The van der Waals surface area contributed by atoms with Gasteiger partial charge in [-0.3, -0.25) is 9.78 Å². The quantitative estimate of drug-likeness (QED) is 0.921. The molecule has 0 radical (unpaired) electrons. The van der Waals surface area contributed by atoms with Crippen molar-refractivity contribution in [3.8, 4) is 5.75 Å². The minimum atomic E-state index is -0.0146. The van der Waals surface area contributed by atoms with Crippen LogP contribution in [0.3, 0.4) is 0 Å². The van der Waals surface area contributed by atoms with Crippen LogP contribution in [-0.4, -0.2) is 22.5 Å². The summed E-state index contributed by atoms with van der Waals surface area (Å²) in [6, 6.07) is 9.25. The number of anilines is 1. The first kappa shape index (κ1) is 13.6. The molecule has 4 heteroatoms. The largest absolute Gasteiger partial charge is 0.506 e. The molecular weight excluding hydrogens is 264 g/mol. The van der Waals surface area contributed by atoms with E-state index in [9.17, 15) is 9.90 Å².